The Morgan fingerprint density at radius 3 is 2.26 bits per heavy atom. The van der Waals surface area contributed by atoms with Gasteiger partial charge in [0.2, 0.25) is 5.91 Å². The molecule has 0 aliphatic rings. The molecule has 31 heavy (non-hydrogen) atoms. The largest absolute Gasteiger partial charge is 0.497 e. The molecule has 1 amide bonds. The van der Waals surface area contributed by atoms with Crippen molar-refractivity contribution < 1.29 is 19.0 Å². The number of nitrogens with zero attached hydrogens (tertiary/aromatic N) is 2. The Labute approximate surface area is 180 Å². The highest BCUT2D eigenvalue weighted by Crippen LogP contribution is 2.19. The van der Waals surface area contributed by atoms with Crippen molar-refractivity contribution in [2.45, 2.75) is 13.5 Å². The van der Waals surface area contributed by atoms with Gasteiger partial charge in [0.25, 0.3) is 5.56 Å². The molecule has 8 heteroatoms. The lowest BCUT2D eigenvalue weighted by atomic mass is 10.1. The van der Waals surface area contributed by atoms with Crippen LogP contribution in [0, 0.1) is 0 Å². The average molecular weight is 423 g/mol. The van der Waals surface area contributed by atoms with Crippen LogP contribution in [0.2, 0.25) is 0 Å². The normalized spacial score (nSPS) is 10.4. The first-order chi connectivity index (χ1) is 15.1. The Kier molecular flexibility index (Phi) is 7.64. The molecule has 0 radical (unpaired) electrons. The summed E-state index contributed by atoms with van der Waals surface area (Å²) in [4.78, 5) is 28.8. The zero-order chi connectivity index (χ0) is 22.1. The van der Waals surface area contributed by atoms with Gasteiger partial charge in [0.05, 0.1) is 32.3 Å². The maximum Gasteiger partial charge on any atom is 0.254 e. The monoisotopic (exact) mass is 423 g/mol. The van der Waals surface area contributed by atoms with E-state index < -0.39 is 0 Å². The summed E-state index contributed by atoms with van der Waals surface area (Å²) in [6.07, 6.45) is 1.37. The Morgan fingerprint density at radius 1 is 1.00 bits per heavy atom. The van der Waals surface area contributed by atoms with E-state index in [1.807, 2.05) is 43.3 Å². The van der Waals surface area contributed by atoms with E-state index in [4.69, 9.17) is 14.2 Å². The van der Waals surface area contributed by atoms with E-state index >= 15 is 0 Å². The molecule has 8 nitrogen and oxygen atoms in total. The lowest BCUT2D eigenvalue weighted by Gasteiger charge is -2.10. The summed E-state index contributed by atoms with van der Waals surface area (Å²) in [5, 5.41) is 2.73. The smallest absolute Gasteiger partial charge is 0.254 e. The van der Waals surface area contributed by atoms with Crippen molar-refractivity contribution >= 4 is 5.91 Å². The zero-order valence-corrected chi connectivity index (χ0v) is 17.5. The number of hydrogen-bond donors (Lipinski definition) is 1. The highest BCUT2D eigenvalue weighted by atomic mass is 16.5. The molecule has 0 atom stereocenters. The minimum atomic E-state index is -0.304. The van der Waals surface area contributed by atoms with Crippen LogP contribution < -0.4 is 25.1 Å². The third-order valence-corrected chi connectivity index (χ3v) is 4.41. The second-order valence-electron chi connectivity index (χ2n) is 6.57. The van der Waals surface area contributed by atoms with Gasteiger partial charge < -0.3 is 19.5 Å². The van der Waals surface area contributed by atoms with Gasteiger partial charge in [-0.05, 0) is 55.5 Å². The number of aromatic nitrogens is 2. The van der Waals surface area contributed by atoms with Gasteiger partial charge in [0.1, 0.15) is 30.4 Å². The number of amides is 1. The van der Waals surface area contributed by atoms with Crippen LogP contribution in [0.3, 0.4) is 0 Å². The minimum absolute atomic E-state index is 0.113. The predicted molar refractivity (Wildman–Crippen MR) is 117 cm³/mol. The molecular weight excluding hydrogens is 398 g/mol. The number of nitrogens with one attached hydrogen (secondary N) is 1. The number of rotatable bonds is 10. The Morgan fingerprint density at radius 2 is 1.65 bits per heavy atom. The van der Waals surface area contributed by atoms with Gasteiger partial charge in [-0.2, -0.15) is 0 Å². The van der Waals surface area contributed by atoms with Crippen LogP contribution in [-0.4, -0.2) is 42.3 Å². The topological polar surface area (TPSA) is 91.7 Å². The summed E-state index contributed by atoms with van der Waals surface area (Å²) in [7, 11) is 1.59. The number of hydrogen-bond acceptors (Lipinski definition) is 6. The summed E-state index contributed by atoms with van der Waals surface area (Å²) in [5.41, 5.74) is 1.02. The van der Waals surface area contributed by atoms with Crippen molar-refractivity contribution in [3.8, 4) is 28.5 Å². The molecule has 1 N–H and O–H groups in total. The van der Waals surface area contributed by atoms with Gasteiger partial charge in [-0.3, -0.25) is 14.2 Å². The molecule has 0 saturated carbocycles. The van der Waals surface area contributed by atoms with Crippen molar-refractivity contribution in [3.63, 3.8) is 0 Å². The van der Waals surface area contributed by atoms with E-state index in [2.05, 4.69) is 10.3 Å². The molecule has 0 aliphatic carbocycles. The fourth-order valence-electron chi connectivity index (χ4n) is 2.83. The van der Waals surface area contributed by atoms with Crippen molar-refractivity contribution in [2.24, 2.45) is 0 Å². The van der Waals surface area contributed by atoms with Crippen molar-refractivity contribution in [1.29, 1.82) is 0 Å². The molecule has 2 aromatic carbocycles. The number of benzene rings is 2. The number of methoxy groups -OCH3 is 1. The van der Waals surface area contributed by atoms with Gasteiger partial charge in [-0.25, -0.2) is 4.98 Å². The second-order valence-corrected chi connectivity index (χ2v) is 6.57. The van der Waals surface area contributed by atoms with E-state index in [1.54, 1.807) is 19.2 Å². The van der Waals surface area contributed by atoms with Gasteiger partial charge in [-0.15, -0.1) is 0 Å². The van der Waals surface area contributed by atoms with Gasteiger partial charge in [0.15, 0.2) is 0 Å². The van der Waals surface area contributed by atoms with Crippen LogP contribution >= 0.6 is 0 Å². The molecule has 0 spiro atoms. The van der Waals surface area contributed by atoms with Crippen molar-refractivity contribution in [3.05, 3.63) is 71.3 Å². The Balaban J connectivity index is 1.47. The van der Waals surface area contributed by atoms with E-state index in [-0.39, 0.29) is 18.0 Å². The molecule has 1 aromatic heterocycles. The van der Waals surface area contributed by atoms with Crippen molar-refractivity contribution in [1.82, 2.24) is 14.9 Å². The van der Waals surface area contributed by atoms with E-state index in [0.29, 0.717) is 31.2 Å². The first-order valence-corrected chi connectivity index (χ1v) is 9.92. The SMILES string of the molecule is CCOc1ccc(OCCNC(=O)Cn2cnc(-c3ccc(OC)cc3)cc2=O)cc1. The summed E-state index contributed by atoms with van der Waals surface area (Å²) in [6, 6.07) is 15.9. The fraction of sp³-hybridized carbons (Fsp3) is 0.261. The molecule has 3 rings (SSSR count). The van der Waals surface area contributed by atoms with E-state index in [0.717, 1.165) is 17.1 Å². The Bertz CT molecular complexity index is 1050. The molecule has 0 aliphatic heterocycles. The molecule has 0 bridgehead atoms. The molecule has 0 fully saturated rings. The molecular formula is C23H25N3O5. The first kappa shape index (κ1) is 21.9. The van der Waals surface area contributed by atoms with E-state index in [9.17, 15) is 9.59 Å². The molecule has 3 aromatic rings. The van der Waals surface area contributed by atoms with Gasteiger partial charge in [0, 0.05) is 11.6 Å². The highest BCUT2D eigenvalue weighted by molar-refractivity contribution is 5.75. The Hall–Kier alpha value is -3.81. The lowest BCUT2D eigenvalue weighted by Crippen LogP contribution is -2.34. The van der Waals surface area contributed by atoms with Gasteiger partial charge in [-0.1, -0.05) is 0 Å². The molecule has 162 valence electrons. The van der Waals surface area contributed by atoms with Crippen LogP contribution in [0.5, 0.6) is 17.2 Å². The molecule has 0 saturated heterocycles. The number of carbonyl (C=O) groups excluding carboxylic acids is 1. The minimum Gasteiger partial charge on any atom is -0.497 e. The third kappa shape index (κ3) is 6.33. The highest BCUT2D eigenvalue weighted by Gasteiger charge is 2.07. The summed E-state index contributed by atoms with van der Waals surface area (Å²) in [5.74, 6) is 1.89. The van der Waals surface area contributed by atoms with Crippen LogP contribution in [0.4, 0.5) is 0 Å². The summed E-state index contributed by atoms with van der Waals surface area (Å²) in [6.45, 7) is 3.04. The van der Waals surface area contributed by atoms with Crippen LogP contribution in [0.15, 0.2) is 65.7 Å². The third-order valence-electron chi connectivity index (χ3n) is 4.41. The molecule has 1 heterocycles. The van der Waals surface area contributed by atoms with Crippen molar-refractivity contribution in [2.75, 3.05) is 26.9 Å². The van der Waals surface area contributed by atoms with Crippen LogP contribution in [-0.2, 0) is 11.3 Å². The fourth-order valence-corrected chi connectivity index (χ4v) is 2.83. The van der Waals surface area contributed by atoms with Crippen LogP contribution in [0.1, 0.15) is 6.92 Å². The maximum atomic E-state index is 12.3. The second kappa shape index (κ2) is 10.8. The maximum absolute atomic E-state index is 12.3. The summed E-state index contributed by atoms with van der Waals surface area (Å²) < 4.78 is 17.3. The first-order valence-electron chi connectivity index (χ1n) is 9.92. The number of ether oxygens (including phenoxy) is 3. The quantitative estimate of drug-likeness (QED) is 0.504. The molecule has 0 unspecified atom stereocenters. The van der Waals surface area contributed by atoms with E-state index in [1.165, 1.54) is 17.0 Å². The average Bonchev–Trinajstić information content (AvgIpc) is 2.79. The number of carbonyl (C=O) groups is 1. The predicted octanol–water partition coefficient (Wildman–Crippen LogP) is 2.51. The van der Waals surface area contributed by atoms with Gasteiger partial charge >= 0.3 is 0 Å². The van der Waals surface area contributed by atoms with Crippen LogP contribution in [0.25, 0.3) is 11.3 Å². The lowest BCUT2D eigenvalue weighted by molar-refractivity contribution is -0.121. The zero-order valence-electron chi connectivity index (χ0n) is 17.5. The standard InChI is InChI=1S/C23H25N3O5/c1-3-30-19-8-10-20(11-9-19)31-13-12-24-22(27)15-26-16-25-21(14-23(26)28)17-4-6-18(29-2)7-5-17/h4-11,14,16H,3,12-13,15H2,1-2H3,(H,24,27). The summed E-state index contributed by atoms with van der Waals surface area (Å²) >= 11 is 0.